The third kappa shape index (κ3) is 3.35. The second-order valence-electron chi connectivity index (χ2n) is 7.16. The lowest BCUT2D eigenvalue weighted by Crippen LogP contribution is -2.34. The van der Waals surface area contributed by atoms with Crippen LogP contribution in [0.1, 0.15) is 33.9 Å². The number of benzene rings is 2. The van der Waals surface area contributed by atoms with Gasteiger partial charge < -0.3 is 23.7 Å². The van der Waals surface area contributed by atoms with E-state index in [1.54, 1.807) is 39.5 Å². The lowest BCUT2D eigenvalue weighted by molar-refractivity contribution is 0.0925. The highest BCUT2D eigenvalue weighted by Crippen LogP contribution is 2.50. The van der Waals surface area contributed by atoms with Gasteiger partial charge in [-0.2, -0.15) is 0 Å². The van der Waals surface area contributed by atoms with Crippen LogP contribution in [0.5, 0.6) is 28.7 Å². The molecule has 0 aliphatic carbocycles. The minimum atomic E-state index is -0.121. The summed E-state index contributed by atoms with van der Waals surface area (Å²) in [6.07, 6.45) is 1.18. The van der Waals surface area contributed by atoms with Gasteiger partial charge >= 0.3 is 0 Å². The van der Waals surface area contributed by atoms with Crippen LogP contribution < -0.4 is 23.7 Å². The second-order valence-corrected chi connectivity index (χ2v) is 7.16. The highest BCUT2D eigenvalue weighted by atomic mass is 16.7. The van der Waals surface area contributed by atoms with Crippen LogP contribution in [-0.2, 0) is 6.42 Å². The van der Waals surface area contributed by atoms with Crippen LogP contribution in [0, 0.1) is 0 Å². The van der Waals surface area contributed by atoms with E-state index in [2.05, 4.69) is 4.90 Å². The normalized spacial score (nSPS) is 17.6. The van der Waals surface area contributed by atoms with Crippen LogP contribution in [0.2, 0.25) is 0 Å². The zero-order chi connectivity index (χ0) is 20.5. The predicted molar refractivity (Wildman–Crippen MR) is 107 cm³/mol. The molecule has 2 aromatic rings. The van der Waals surface area contributed by atoms with Crippen molar-refractivity contribution in [1.82, 2.24) is 4.90 Å². The molecule has 2 aliphatic heterocycles. The molecule has 2 aromatic carbocycles. The van der Waals surface area contributed by atoms with Gasteiger partial charge in [0.2, 0.25) is 12.5 Å². The summed E-state index contributed by atoms with van der Waals surface area (Å²) >= 11 is 0. The monoisotopic (exact) mass is 399 g/mol. The van der Waals surface area contributed by atoms with Crippen molar-refractivity contribution in [2.24, 2.45) is 0 Å². The Bertz CT molecular complexity index is 941. The summed E-state index contributed by atoms with van der Waals surface area (Å²) in [6, 6.07) is 7.14. The van der Waals surface area contributed by atoms with E-state index in [-0.39, 0.29) is 18.6 Å². The van der Waals surface area contributed by atoms with E-state index in [1.807, 2.05) is 13.1 Å². The van der Waals surface area contributed by atoms with Gasteiger partial charge in [-0.25, -0.2) is 0 Å². The topological polar surface area (TPSA) is 66.5 Å². The molecule has 0 saturated carbocycles. The first kappa shape index (κ1) is 19.4. The van der Waals surface area contributed by atoms with Crippen molar-refractivity contribution < 1.29 is 28.5 Å². The highest BCUT2D eigenvalue weighted by Gasteiger charge is 2.35. The average Bonchev–Trinajstić information content (AvgIpc) is 3.21. The first-order valence-electron chi connectivity index (χ1n) is 9.52. The van der Waals surface area contributed by atoms with Gasteiger partial charge in [0.15, 0.2) is 28.8 Å². The van der Waals surface area contributed by atoms with Crippen molar-refractivity contribution in [3.05, 3.63) is 41.0 Å². The van der Waals surface area contributed by atoms with E-state index in [4.69, 9.17) is 23.7 Å². The SMILES string of the molecule is COc1ccc(C(=O)CC2c3c(cc4c(c3OC)OCO4)CCN2C)cc1OC. The smallest absolute Gasteiger partial charge is 0.231 e. The van der Waals surface area contributed by atoms with Gasteiger partial charge in [-0.15, -0.1) is 0 Å². The van der Waals surface area contributed by atoms with Crippen molar-refractivity contribution in [2.45, 2.75) is 18.9 Å². The largest absolute Gasteiger partial charge is 0.493 e. The fourth-order valence-electron chi connectivity index (χ4n) is 4.09. The zero-order valence-electron chi connectivity index (χ0n) is 17.1. The summed E-state index contributed by atoms with van der Waals surface area (Å²) in [5.74, 6) is 3.14. The maximum absolute atomic E-state index is 13.1. The van der Waals surface area contributed by atoms with E-state index in [9.17, 15) is 4.79 Å². The molecule has 0 amide bonds. The molecule has 7 heteroatoms. The van der Waals surface area contributed by atoms with E-state index >= 15 is 0 Å². The predicted octanol–water partition coefficient (Wildman–Crippen LogP) is 3.24. The van der Waals surface area contributed by atoms with E-state index in [0.29, 0.717) is 40.7 Å². The van der Waals surface area contributed by atoms with Crippen LogP contribution in [-0.4, -0.2) is 52.4 Å². The Hall–Kier alpha value is -2.93. The molecule has 2 aliphatic rings. The second kappa shape index (κ2) is 7.83. The molecule has 2 heterocycles. The van der Waals surface area contributed by atoms with Gasteiger partial charge in [0.05, 0.1) is 21.3 Å². The number of hydrogen-bond donors (Lipinski definition) is 0. The number of likely N-dealkylation sites (N-methyl/N-ethyl adjacent to an activating group) is 1. The molecule has 0 fully saturated rings. The molecule has 7 nitrogen and oxygen atoms in total. The van der Waals surface area contributed by atoms with Crippen molar-refractivity contribution in [3.8, 4) is 28.7 Å². The molecule has 4 rings (SSSR count). The van der Waals surface area contributed by atoms with Crippen LogP contribution in [0.3, 0.4) is 0 Å². The molecule has 154 valence electrons. The van der Waals surface area contributed by atoms with Gasteiger partial charge in [-0.3, -0.25) is 9.69 Å². The summed E-state index contributed by atoms with van der Waals surface area (Å²) in [5, 5.41) is 0. The molecule has 0 radical (unpaired) electrons. The van der Waals surface area contributed by atoms with Crippen LogP contribution >= 0.6 is 0 Å². The lowest BCUT2D eigenvalue weighted by atomic mass is 9.87. The third-order valence-corrected chi connectivity index (χ3v) is 5.63. The van der Waals surface area contributed by atoms with Gasteiger partial charge in [0, 0.05) is 30.1 Å². The molecule has 0 saturated heterocycles. The summed E-state index contributed by atoms with van der Waals surface area (Å²) in [7, 11) is 6.79. The summed E-state index contributed by atoms with van der Waals surface area (Å²) in [6.45, 7) is 1.03. The number of carbonyl (C=O) groups is 1. The van der Waals surface area contributed by atoms with Crippen molar-refractivity contribution in [1.29, 1.82) is 0 Å². The third-order valence-electron chi connectivity index (χ3n) is 5.63. The number of fused-ring (bicyclic) bond motifs is 2. The van der Waals surface area contributed by atoms with Crippen LogP contribution in [0.4, 0.5) is 0 Å². The number of rotatable bonds is 6. The van der Waals surface area contributed by atoms with Gasteiger partial charge in [0.1, 0.15) is 0 Å². The summed E-state index contributed by atoms with van der Waals surface area (Å²) in [4.78, 5) is 15.3. The Morgan fingerprint density at radius 3 is 2.62 bits per heavy atom. The lowest BCUT2D eigenvalue weighted by Gasteiger charge is -2.35. The average molecular weight is 399 g/mol. The van der Waals surface area contributed by atoms with Gasteiger partial charge in [-0.1, -0.05) is 0 Å². The Kier molecular flexibility index (Phi) is 5.24. The number of ketones is 1. The standard InChI is InChI=1S/C22H25NO6/c1-23-8-7-14-10-19-21(29-12-28-19)22(27-4)20(14)15(23)11-16(24)13-5-6-17(25-2)18(9-13)26-3/h5-6,9-10,15H,7-8,11-12H2,1-4H3. The van der Waals surface area contributed by atoms with E-state index < -0.39 is 0 Å². The van der Waals surface area contributed by atoms with Crippen molar-refractivity contribution >= 4 is 5.78 Å². The number of nitrogens with zero attached hydrogens (tertiary/aromatic N) is 1. The molecule has 0 spiro atoms. The molecular weight excluding hydrogens is 374 g/mol. The molecule has 0 aromatic heterocycles. The molecule has 1 atom stereocenters. The molecule has 0 N–H and O–H groups in total. The Balaban J connectivity index is 1.69. The Morgan fingerprint density at radius 1 is 1.10 bits per heavy atom. The van der Waals surface area contributed by atoms with E-state index in [1.165, 1.54) is 0 Å². The number of hydrogen-bond acceptors (Lipinski definition) is 7. The first-order valence-corrected chi connectivity index (χ1v) is 9.52. The summed E-state index contributed by atoms with van der Waals surface area (Å²) in [5.41, 5.74) is 2.72. The fourth-order valence-corrected chi connectivity index (χ4v) is 4.09. The van der Waals surface area contributed by atoms with Crippen LogP contribution in [0.25, 0.3) is 0 Å². The van der Waals surface area contributed by atoms with E-state index in [0.717, 1.165) is 24.1 Å². The van der Waals surface area contributed by atoms with Crippen molar-refractivity contribution in [2.75, 3.05) is 41.7 Å². The number of Topliss-reactive ketones (excluding diaryl/α,β-unsaturated/α-hetero) is 1. The number of carbonyl (C=O) groups excluding carboxylic acids is 1. The molecule has 1 unspecified atom stereocenters. The maximum atomic E-state index is 13.1. The minimum Gasteiger partial charge on any atom is -0.493 e. The maximum Gasteiger partial charge on any atom is 0.231 e. The minimum absolute atomic E-state index is 0.0235. The van der Waals surface area contributed by atoms with Gasteiger partial charge in [0.25, 0.3) is 0 Å². The number of methoxy groups -OCH3 is 3. The first-order chi connectivity index (χ1) is 14.1. The van der Waals surface area contributed by atoms with Crippen LogP contribution in [0.15, 0.2) is 24.3 Å². The summed E-state index contributed by atoms with van der Waals surface area (Å²) < 4.78 is 27.5. The molecular formula is C22H25NO6. The Morgan fingerprint density at radius 2 is 1.90 bits per heavy atom. The Labute approximate surface area is 170 Å². The molecule has 29 heavy (non-hydrogen) atoms. The van der Waals surface area contributed by atoms with Gasteiger partial charge in [-0.05, 0) is 43.3 Å². The fraction of sp³-hybridized carbons (Fsp3) is 0.409. The quantitative estimate of drug-likeness (QED) is 0.691. The zero-order valence-corrected chi connectivity index (χ0v) is 17.1. The highest BCUT2D eigenvalue weighted by molar-refractivity contribution is 5.97. The number of ether oxygens (including phenoxy) is 5. The molecule has 0 bridgehead atoms. The van der Waals surface area contributed by atoms with Crippen molar-refractivity contribution in [3.63, 3.8) is 0 Å².